The van der Waals surface area contributed by atoms with Crippen LogP contribution in [0.2, 0.25) is 0 Å². The molecule has 0 saturated heterocycles. The zero-order valence-corrected chi connectivity index (χ0v) is 22.7. The molecule has 3 aromatic rings. The van der Waals surface area contributed by atoms with Crippen LogP contribution in [-0.4, -0.2) is 26.2 Å². The lowest BCUT2D eigenvalue weighted by Gasteiger charge is -2.17. The van der Waals surface area contributed by atoms with Gasteiger partial charge in [-0.25, -0.2) is 4.98 Å². The van der Waals surface area contributed by atoms with E-state index in [1.54, 1.807) is 37.5 Å². The molecule has 3 rings (SSSR count). The number of ether oxygens (including phenoxy) is 1. The Morgan fingerprint density at radius 3 is 2.51 bits per heavy atom. The molecule has 0 aliphatic heterocycles. The molecule has 6 N–H and O–H groups in total. The number of H-pyrrole nitrogens is 1. The second-order valence-corrected chi connectivity index (χ2v) is 9.34. The fraction of sp³-hybridized carbons (Fsp3) is 0.200. The highest BCUT2D eigenvalue weighted by Crippen LogP contribution is 2.27. The molecule has 200 valence electrons. The van der Waals surface area contributed by atoms with E-state index in [9.17, 15) is 14.9 Å². The topological polar surface area (TPSA) is 143 Å². The number of nitrogens with zero attached hydrogens (tertiary/aromatic N) is 1. The Balaban J connectivity index is 1.91. The Labute approximate surface area is 228 Å². The lowest BCUT2D eigenvalue weighted by atomic mass is 9.85. The van der Waals surface area contributed by atoms with E-state index in [1.165, 1.54) is 13.3 Å². The predicted octanol–water partition coefficient (Wildman–Crippen LogP) is 4.60. The standard InChI is InChI=1S/C30H32N6O3/c1-19-9-10-24(35-28(37)21-7-6-8-23(13-21)30(2,3)18-32)16-25(19)26(33-4)14-22(17-31)20-11-12-34-27(15-20)36-29(38)39-5/h6-17,33H,31H2,1-5H3,(H,35,37)(H,34,36,38)/p+1/b22-17+,26-14-. The van der Waals surface area contributed by atoms with Crippen LogP contribution in [0.1, 0.15) is 46.5 Å². The molecule has 0 aliphatic carbocycles. The number of anilines is 2. The molecule has 0 saturated carbocycles. The number of hydrogen-bond donors (Lipinski definition) is 4. The van der Waals surface area contributed by atoms with E-state index in [1.807, 2.05) is 57.2 Å². The van der Waals surface area contributed by atoms with Crippen molar-refractivity contribution in [3.63, 3.8) is 0 Å². The molecule has 0 aliphatic rings. The minimum atomic E-state index is -0.707. The number of hydrogen-bond acceptors (Lipinski definition) is 6. The van der Waals surface area contributed by atoms with Crippen LogP contribution in [0.5, 0.6) is 0 Å². The minimum absolute atomic E-state index is 0.274. The van der Waals surface area contributed by atoms with Gasteiger partial charge in [-0.2, -0.15) is 15.4 Å². The molecule has 9 nitrogen and oxygen atoms in total. The fourth-order valence-electron chi connectivity index (χ4n) is 3.85. The van der Waals surface area contributed by atoms with Crippen LogP contribution in [0.3, 0.4) is 0 Å². The molecule has 0 radical (unpaired) electrons. The van der Waals surface area contributed by atoms with E-state index >= 15 is 0 Å². The molecule has 2 aromatic carbocycles. The fourth-order valence-corrected chi connectivity index (χ4v) is 3.85. The third kappa shape index (κ3) is 7.02. The highest BCUT2D eigenvalue weighted by atomic mass is 16.5. The molecule has 9 heteroatoms. The summed E-state index contributed by atoms with van der Waals surface area (Å²) in [6.45, 7) is 5.60. The second-order valence-electron chi connectivity index (χ2n) is 9.34. The van der Waals surface area contributed by atoms with Gasteiger partial charge in [0.1, 0.15) is 0 Å². The number of nitriles is 1. The van der Waals surface area contributed by atoms with Crippen molar-refractivity contribution in [2.45, 2.75) is 26.2 Å². The average molecular weight is 526 g/mol. The summed E-state index contributed by atoms with van der Waals surface area (Å²) in [5.74, 6) is 0.172. The number of benzene rings is 2. The smallest absolute Gasteiger partial charge is 0.435 e. The zero-order valence-electron chi connectivity index (χ0n) is 22.7. The number of aromatic amines is 1. The number of aryl methyl sites for hydroxylation is 1. The van der Waals surface area contributed by atoms with Crippen LogP contribution in [0.4, 0.5) is 16.3 Å². The number of rotatable bonds is 8. The van der Waals surface area contributed by atoms with Crippen LogP contribution in [0, 0.1) is 18.3 Å². The van der Waals surface area contributed by atoms with Crippen molar-refractivity contribution >= 4 is 34.8 Å². The number of allylic oxidation sites excluding steroid dienone is 2. The molecule has 0 atom stereocenters. The van der Waals surface area contributed by atoms with Gasteiger partial charge in [-0.15, -0.1) is 0 Å². The molecule has 1 aromatic heterocycles. The maximum atomic E-state index is 13.1. The van der Waals surface area contributed by atoms with Gasteiger partial charge in [0.2, 0.25) is 0 Å². The van der Waals surface area contributed by atoms with Crippen LogP contribution in [0.25, 0.3) is 11.3 Å². The molecular formula is C30H33N6O3+. The molecular weight excluding hydrogens is 492 g/mol. The van der Waals surface area contributed by atoms with E-state index < -0.39 is 11.5 Å². The van der Waals surface area contributed by atoms with Gasteiger partial charge in [-0.05, 0) is 79.4 Å². The van der Waals surface area contributed by atoms with Crippen molar-refractivity contribution in [3.8, 4) is 6.07 Å². The Kier molecular flexibility index (Phi) is 9.07. The lowest BCUT2D eigenvalue weighted by Crippen LogP contribution is -2.19. The van der Waals surface area contributed by atoms with Crippen LogP contribution in [-0.2, 0) is 10.2 Å². The van der Waals surface area contributed by atoms with E-state index in [2.05, 4.69) is 31.7 Å². The molecule has 1 heterocycles. The van der Waals surface area contributed by atoms with Crippen molar-refractivity contribution in [1.29, 1.82) is 5.26 Å². The first-order valence-electron chi connectivity index (χ1n) is 12.2. The van der Waals surface area contributed by atoms with Gasteiger partial charge >= 0.3 is 6.09 Å². The SMILES string of the molecule is CN/C(=C\C(=C/N)c1cc[nH+]c(NC(=O)OC)c1)c1cc(NC(=O)c2cccc(C(C)(C)C#N)c2)ccc1C. The van der Waals surface area contributed by atoms with E-state index in [0.717, 1.165) is 28.0 Å². The predicted molar refractivity (Wildman–Crippen MR) is 152 cm³/mol. The summed E-state index contributed by atoms with van der Waals surface area (Å²) in [4.78, 5) is 27.6. The Bertz CT molecular complexity index is 1480. The summed E-state index contributed by atoms with van der Waals surface area (Å²) in [5.41, 5.74) is 11.2. The molecule has 0 fully saturated rings. The normalized spacial score (nSPS) is 11.8. The summed E-state index contributed by atoms with van der Waals surface area (Å²) < 4.78 is 4.65. The van der Waals surface area contributed by atoms with E-state index in [-0.39, 0.29) is 5.91 Å². The van der Waals surface area contributed by atoms with Crippen molar-refractivity contribution in [3.05, 3.63) is 101 Å². The minimum Gasteiger partial charge on any atom is -0.435 e. The first-order chi connectivity index (χ1) is 18.6. The van der Waals surface area contributed by atoms with Crippen LogP contribution < -0.4 is 26.7 Å². The summed E-state index contributed by atoms with van der Waals surface area (Å²) in [7, 11) is 3.09. The highest BCUT2D eigenvalue weighted by molar-refractivity contribution is 6.04. The van der Waals surface area contributed by atoms with Gasteiger partial charge in [0.05, 0.1) is 24.8 Å². The largest absolute Gasteiger partial charge is 0.504 e. The maximum absolute atomic E-state index is 13.1. The second kappa shape index (κ2) is 12.4. The van der Waals surface area contributed by atoms with Crippen molar-refractivity contribution in [1.82, 2.24) is 5.32 Å². The Morgan fingerprint density at radius 2 is 1.85 bits per heavy atom. The monoisotopic (exact) mass is 525 g/mol. The number of carbonyl (C=O) groups is 2. The van der Waals surface area contributed by atoms with Crippen LogP contribution >= 0.6 is 0 Å². The van der Waals surface area contributed by atoms with Crippen molar-refractivity contribution in [2.75, 3.05) is 24.8 Å². The summed E-state index contributed by atoms with van der Waals surface area (Å²) in [6, 6.07) is 18.6. The summed E-state index contributed by atoms with van der Waals surface area (Å²) in [5, 5.41) is 18.2. The van der Waals surface area contributed by atoms with Crippen LogP contribution in [0.15, 0.2) is 73.1 Å². The maximum Gasteiger partial charge on any atom is 0.504 e. The quantitative estimate of drug-likeness (QED) is 0.317. The molecule has 2 amide bonds. The lowest BCUT2D eigenvalue weighted by molar-refractivity contribution is -0.360. The molecule has 0 unspecified atom stereocenters. The molecule has 39 heavy (non-hydrogen) atoms. The number of methoxy groups -OCH3 is 1. The third-order valence-corrected chi connectivity index (χ3v) is 6.22. The van der Waals surface area contributed by atoms with E-state index in [0.29, 0.717) is 22.6 Å². The summed E-state index contributed by atoms with van der Waals surface area (Å²) >= 11 is 0. The van der Waals surface area contributed by atoms with Gasteiger partial charge < -0.3 is 21.1 Å². The first-order valence-corrected chi connectivity index (χ1v) is 12.2. The van der Waals surface area contributed by atoms with Gasteiger partial charge in [0, 0.05) is 41.8 Å². The Morgan fingerprint density at radius 1 is 1.08 bits per heavy atom. The van der Waals surface area contributed by atoms with Gasteiger partial charge in [-0.1, -0.05) is 18.2 Å². The molecule has 0 bridgehead atoms. The average Bonchev–Trinajstić information content (AvgIpc) is 2.95. The van der Waals surface area contributed by atoms with Crippen molar-refractivity contribution < 1.29 is 19.3 Å². The van der Waals surface area contributed by atoms with Gasteiger partial charge in [0.15, 0.2) is 0 Å². The molecule has 0 spiro atoms. The summed E-state index contributed by atoms with van der Waals surface area (Å²) in [6.07, 6.45) is 4.46. The Hall–Kier alpha value is -5.10. The van der Waals surface area contributed by atoms with E-state index in [4.69, 9.17) is 5.73 Å². The number of aromatic nitrogens is 1. The highest BCUT2D eigenvalue weighted by Gasteiger charge is 2.21. The first kappa shape index (κ1) is 28.5. The zero-order chi connectivity index (χ0) is 28.6. The number of nitrogens with two attached hydrogens (primary N) is 1. The van der Waals surface area contributed by atoms with Gasteiger partial charge in [0.25, 0.3) is 11.7 Å². The number of amides is 2. The van der Waals surface area contributed by atoms with Crippen molar-refractivity contribution in [2.24, 2.45) is 5.73 Å². The number of carbonyl (C=O) groups excluding carboxylic acids is 2. The number of nitrogens with one attached hydrogen (secondary N) is 4. The third-order valence-electron chi connectivity index (χ3n) is 6.22. The number of pyridine rings is 1. The van der Waals surface area contributed by atoms with Gasteiger partial charge in [-0.3, -0.25) is 4.79 Å².